The van der Waals surface area contributed by atoms with Crippen molar-refractivity contribution in [2.75, 3.05) is 6.54 Å². The number of para-hydroxylation sites is 1. The lowest BCUT2D eigenvalue weighted by atomic mass is 9.83. The van der Waals surface area contributed by atoms with Gasteiger partial charge < -0.3 is 5.32 Å². The number of nitrogens with zero attached hydrogens (tertiary/aromatic N) is 3. The van der Waals surface area contributed by atoms with Crippen LogP contribution in [0, 0.1) is 5.41 Å². The molecule has 2 rings (SSSR count). The first-order valence-electron chi connectivity index (χ1n) is 7.70. The highest BCUT2D eigenvalue weighted by atomic mass is 15.4. The Kier molecular flexibility index (Phi) is 5.12. The van der Waals surface area contributed by atoms with Crippen LogP contribution in [0.1, 0.15) is 39.8 Å². The molecular weight excluding hydrogens is 260 g/mol. The number of aryl methyl sites for hydroxylation is 1. The van der Waals surface area contributed by atoms with Crippen LogP contribution in [0.5, 0.6) is 0 Å². The summed E-state index contributed by atoms with van der Waals surface area (Å²) in [6, 6.07) is 10.7. The molecule has 0 saturated heterocycles. The average molecular weight is 286 g/mol. The Bertz CT molecular complexity index is 539. The summed E-state index contributed by atoms with van der Waals surface area (Å²) < 4.78 is 1.94. The number of aromatic nitrogens is 3. The smallest absolute Gasteiger partial charge is 0.0729 e. The first-order valence-corrected chi connectivity index (χ1v) is 7.70. The highest BCUT2D eigenvalue weighted by molar-refractivity contribution is 5.31. The molecule has 114 valence electrons. The zero-order valence-corrected chi connectivity index (χ0v) is 13.5. The summed E-state index contributed by atoms with van der Waals surface area (Å²) in [5.74, 6) is 0. The summed E-state index contributed by atoms with van der Waals surface area (Å²) in [6.07, 6.45) is 3.92. The predicted molar refractivity (Wildman–Crippen MR) is 86.6 cm³/mol. The van der Waals surface area contributed by atoms with E-state index in [9.17, 15) is 0 Å². The first-order chi connectivity index (χ1) is 10.0. The number of nitrogens with one attached hydrogen (secondary N) is 1. The van der Waals surface area contributed by atoms with Crippen molar-refractivity contribution in [3.63, 3.8) is 0 Å². The minimum atomic E-state index is 0.251. The van der Waals surface area contributed by atoms with E-state index >= 15 is 0 Å². The maximum atomic E-state index is 4.22. The molecule has 1 unspecified atom stereocenters. The van der Waals surface area contributed by atoms with Crippen LogP contribution >= 0.6 is 0 Å². The molecule has 0 bridgehead atoms. The van der Waals surface area contributed by atoms with Crippen molar-refractivity contribution in [3.05, 3.63) is 42.2 Å². The fourth-order valence-corrected chi connectivity index (χ4v) is 2.59. The Balaban J connectivity index is 2.09. The Labute approximate surface area is 127 Å². The Morgan fingerprint density at radius 1 is 1.19 bits per heavy atom. The van der Waals surface area contributed by atoms with Crippen LogP contribution < -0.4 is 5.32 Å². The third-order valence-electron chi connectivity index (χ3n) is 3.81. The number of rotatable bonds is 6. The maximum absolute atomic E-state index is 4.22. The van der Waals surface area contributed by atoms with E-state index in [0.29, 0.717) is 6.04 Å². The van der Waals surface area contributed by atoms with E-state index in [2.05, 4.69) is 55.5 Å². The van der Waals surface area contributed by atoms with Gasteiger partial charge in [-0.15, -0.1) is 5.10 Å². The molecule has 4 nitrogen and oxygen atoms in total. The molecule has 2 aromatic rings. The van der Waals surface area contributed by atoms with Crippen molar-refractivity contribution in [1.82, 2.24) is 20.3 Å². The summed E-state index contributed by atoms with van der Waals surface area (Å²) in [4.78, 5) is 0. The van der Waals surface area contributed by atoms with Crippen LogP contribution in [0.25, 0.3) is 5.69 Å². The fraction of sp³-hybridized carbons (Fsp3) is 0.529. The van der Waals surface area contributed by atoms with E-state index in [1.54, 1.807) is 0 Å². The predicted octanol–water partition coefficient (Wildman–Crippen LogP) is 3.22. The molecule has 1 N–H and O–H groups in total. The minimum absolute atomic E-state index is 0.251. The molecule has 0 aliphatic heterocycles. The van der Waals surface area contributed by atoms with Crippen molar-refractivity contribution in [2.24, 2.45) is 5.41 Å². The van der Waals surface area contributed by atoms with Gasteiger partial charge in [-0.05, 0) is 36.9 Å². The van der Waals surface area contributed by atoms with Crippen LogP contribution in [0.4, 0.5) is 0 Å². The lowest BCUT2D eigenvalue weighted by Gasteiger charge is -2.31. The number of hydrogen-bond acceptors (Lipinski definition) is 3. The van der Waals surface area contributed by atoms with Gasteiger partial charge >= 0.3 is 0 Å². The third-order valence-corrected chi connectivity index (χ3v) is 3.81. The van der Waals surface area contributed by atoms with Crippen molar-refractivity contribution in [1.29, 1.82) is 0 Å². The van der Waals surface area contributed by atoms with Gasteiger partial charge in [0, 0.05) is 6.04 Å². The quantitative estimate of drug-likeness (QED) is 0.886. The van der Waals surface area contributed by atoms with Gasteiger partial charge in [0.2, 0.25) is 0 Å². The highest BCUT2D eigenvalue weighted by Crippen LogP contribution is 2.23. The molecular formula is C17H26N4. The third kappa shape index (κ3) is 4.14. The van der Waals surface area contributed by atoms with Crippen LogP contribution in [-0.2, 0) is 6.42 Å². The lowest BCUT2D eigenvalue weighted by molar-refractivity contribution is 0.257. The largest absolute Gasteiger partial charge is 0.314 e. The van der Waals surface area contributed by atoms with Crippen LogP contribution in [0.15, 0.2) is 36.5 Å². The molecule has 1 aromatic carbocycles. The molecule has 0 aliphatic carbocycles. The van der Waals surface area contributed by atoms with Gasteiger partial charge in [0.25, 0.3) is 0 Å². The average Bonchev–Trinajstić information content (AvgIpc) is 2.91. The van der Waals surface area contributed by atoms with Gasteiger partial charge in [-0.1, -0.05) is 51.1 Å². The molecule has 0 saturated carbocycles. The van der Waals surface area contributed by atoms with E-state index in [-0.39, 0.29) is 5.41 Å². The molecule has 21 heavy (non-hydrogen) atoms. The molecule has 0 fully saturated rings. The summed E-state index contributed by atoms with van der Waals surface area (Å²) in [6.45, 7) is 10.0. The lowest BCUT2D eigenvalue weighted by Crippen LogP contribution is -2.40. The van der Waals surface area contributed by atoms with Gasteiger partial charge in [-0.2, -0.15) is 0 Å². The summed E-state index contributed by atoms with van der Waals surface area (Å²) in [5.41, 5.74) is 2.48. The molecule has 1 atom stereocenters. The molecule has 0 amide bonds. The molecule has 0 radical (unpaired) electrons. The van der Waals surface area contributed by atoms with E-state index < -0.39 is 0 Å². The molecule has 4 heteroatoms. The summed E-state index contributed by atoms with van der Waals surface area (Å²) >= 11 is 0. The van der Waals surface area contributed by atoms with E-state index in [1.165, 1.54) is 0 Å². The molecule has 1 heterocycles. The molecule has 0 spiro atoms. The number of hydrogen-bond donors (Lipinski definition) is 1. The van der Waals surface area contributed by atoms with Crippen molar-refractivity contribution in [2.45, 2.75) is 46.6 Å². The number of benzene rings is 1. The second-order valence-electron chi connectivity index (χ2n) is 6.49. The highest BCUT2D eigenvalue weighted by Gasteiger charge is 2.23. The van der Waals surface area contributed by atoms with Gasteiger partial charge in [-0.25, -0.2) is 4.68 Å². The van der Waals surface area contributed by atoms with E-state index in [4.69, 9.17) is 0 Å². The Hall–Kier alpha value is -1.68. The minimum Gasteiger partial charge on any atom is -0.314 e. The Morgan fingerprint density at radius 3 is 2.52 bits per heavy atom. The van der Waals surface area contributed by atoms with Gasteiger partial charge in [0.05, 0.1) is 17.6 Å². The summed E-state index contributed by atoms with van der Waals surface area (Å²) in [5, 5.41) is 11.9. The Morgan fingerprint density at radius 2 is 1.90 bits per heavy atom. The monoisotopic (exact) mass is 286 g/mol. The van der Waals surface area contributed by atoms with Crippen molar-refractivity contribution < 1.29 is 0 Å². The van der Waals surface area contributed by atoms with Crippen LogP contribution in [0.2, 0.25) is 0 Å². The molecule has 1 aromatic heterocycles. The van der Waals surface area contributed by atoms with Gasteiger partial charge in [0.1, 0.15) is 0 Å². The van der Waals surface area contributed by atoms with Crippen LogP contribution in [0.3, 0.4) is 0 Å². The topological polar surface area (TPSA) is 42.7 Å². The van der Waals surface area contributed by atoms with Gasteiger partial charge in [0.15, 0.2) is 0 Å². The normalized spacial score (nSPS) is 13.3. The second-order valence-corrected chi connectivity index (χ2v) is 6.49. The van der Waals surface area contributed by atoms with Gasteiger partial charge in [-0.3, -0.25) is 0 Å². The molecule has 0 aliphatic rings. The van der Waals surface area contributed by atoms with Crippen molar-refractivity contribution >= 4 is 0 Å². The zero-order chi connectivity index (χ0) is 15.3. The second kappa shape index (κ2) is 6.85. The summed E-state index contributed by atoms with van der Waals surface area (Å²) in [7, 11) is 0. The van der Waals surface area contributed by atoms with Crippen LogP contribution in [-0.4, -0.2) is 27.6 Å². The van der Waals surface area contributed by atoms with E-state index in [0.717, 1.165) is 30.8 Å². The first kappa shape index (κ1) is 15.7. The fourth-order valence-electron chi connectivity index (χ4n) is 2.59. The standard InChI is InChI=1S/C17H26N4/c1-5-18-16(17(2,3)4)12-11-15-13-19-20-21(15)14-9-7-6-8-10-14/h6-10,13,16,18H,5,11-12H2,1-4H3. The van der Waals surface area contributed by atoms with E-state index in [1.807, 2.05) is 29.1 Å². The van der Waals surface area contributed by atoms with Crippen molar-refractivity contribution in [3.8, 4) is 5.69 Å². The SMILES string of the molecule is CCNC(CCc1cnnn1-c1ccccc1)C(C)(C)C. The zero-order valence-electron chi connectivity index (χ0n) is 13.5. The maximum Gasteiger partial charge on any atom is 0.0729 e.